The highest BCUT2D eigenvalue weighted by Gasteiger charge is 2.42. The summed E-state index contributed by atoms with van der Waals surface area (Å²) in [5.74, 6) is 0.215. The maximum absolute atomic E-state index is 12.5. The maximum Gasteiger partial charge on any atom is 0.228 e. The van der Waals surface area contributed by atoms with Crippen molar-refractivity contribution in [2.75, 3.05) is 26.2 Å². The van der Waals surface area contributed by atoms with Crippen LogP contribution in [0.1, 0.15) is 52.4 Å². The lowest BCUT2D eigenvalue weighted by Gasteiger charge is -2.41. The molecule has 2 aliphatic carbocycles. The fourth-order valence-electron chi connectivity index (χ4n) is 3.19. The molecule has 0 aromatic carbocycles. The molecule has 0 aliphatic heterocycles. The van der Waals surface area contributed by atoms with Crippen molar-refractivity contribution in [1.82, 2.24) is 10.2 Å². The minimum Gasteiger partial charge on any atom is -0.395 e. The molecule has 120 valence electrons. The van der Waals surface area contributed by atoms with Crippen molar-refractivity contribution >= 4 is 11.8 Å². The third-order valence-electron chi connectivity index (χ3n) is 5.30. The molecule has 2 aliphatic rings. The number of aliphatic hydroxyl groups is 1. The van der Waals surface area contributed by atoms with Crippen molar-refractivity contribution in [2.24, 2.45) is 10.8 Å². The van der Waals surface area contributed by atoms with Crippen LogP contribution >= 0.6 is 0 Å². The van der Waals surface area contributed by atoms with E-state index in [1.807, 2.05) is 13.8 Å². The SMILES string of the molecule is CC1(C(=O)NCCN(CCO)C(=O)C2(C)CCC2)CCC1. The van der Waals surface area contributed by atoms with Crippen molar-refractivity contribution < 1.29 is 14.7 Å². The van der Waals surface area contributed by atoms with Crippen LogP contribution < -0.4 is 5.32 Å². The van der Waals surface area contributed by atoms with Gasteiger partial charge in [-0.25, -0.2) is 0 Å². The Morgan fingerprint density at radius 2 is 1.62 bits per heavy atom. The molecule has 0 radical (unpaired) electrons. The van der Waals surface area contributed by atoms with Gasteiger partial charge in [0, 0.05) is 30.5 Å². The van der Waals surface area contributed by atoms with Crippen molar-refractivity contribution in [1.29, 1.82) is 0 Å². The summed E-state index contributed by atoms with van der Waals surface area (Å²) in [4.78, 5) is 26.2. The molecule has 2 rings (SSSR count). The molecule has 0 heterocycles. The predicted octanol–water partition coefficient (Wildman–Crippen LogP) is 1.30. The number of nitrogens with zero attached hydrogens (tertiary/aromatic N) is 1. The summed E-state index contributed by atoms with van der Waals surface area (Å²) in [5, 5.41) is 12.1. The summed E-state index contributed by atoms with van der Waals surface area (Å²) in [6, 6.07) is 0. The Morgan fingerprint density at radius 1 is 1.05 bits per heavy atom. The lowest BCUT2D eigenvalue weighted by molar-refractivity contribution is -0.147. The van der Waals surface area contributed by atoms with E-state index in [0.717, 1.165) is 38.5 Å². The lowest BCUT2D eigenvalue weighted by Crippen LogP contribution is -2.50. The zero-order chi connectivity index (χ0) is 15.5. The molecule has 0 saturated heterocycles. The van der Waals surface area contributed by atoms with Gasteiger partial charge in [-0.1, -0.05) is 26.7 Å². The summed E-state index contributed by atoms with van der Waals surface area (Å²) in [6.45, 7) is 5.26. The largest absolute Gasteiger partial charge is 0.395 e. The van der Waals surface area contributed by atoms with Crippen LogP contribution in [0.15, 0.2) is 0 Å². The second-order valence-electron chi connectivity index (χ2n) is 7.10. The average molecular weight is 296 g/mol. The zero-order valence-corrected chi connectivity index (χ0v) is 13.3. The molecule has 5 heteroatoms. The van der Waals surface area contributed by atoms with Crippen LogP contribution in [-0.4, -0.2) is 48.1 Å². The second kappa shape index (κ2) is 6.34. The quantitative estimate of drug-likeness (QED) is 0.744. The Balaban J connectivity index is 1.80. The topological polar surface area (TPSA) is 69.6 Å². The minimum absolute atomic E-state index is 0.0342. The number of carbonyl (C=O) groups is 2. The minimum atomic E-state index is -0.251. The van der Waals surface area contributed by atoms with E-state index in [1.54, 1.807) is 4.90 Å². The van der Waals surface area contributed by atoms with E-state index in [4.69, 9.17) is 5.11 Å². The molecule has 0 aromatic heterocycles. The fraction of sp³-hybridized carbons (Fsp3) is 0.875. The van der Waals surface area contributed by atoms with E-state index in [9.17, 15) is 9.59 Å². The van der Waals surface area contributed by atoms with E-state index >= 15 is 0 Å². The Labute approximate surface area is 127 Å². The van der Waals surface area contributed by atoms with Crippen molar-refractivity contribution in [2.45, 2.75) is 52.4 Å². The van der Waals surface area contributed by atoms with E-state index in [2.05, 4.69) is 5.32 Å². The Morgan fingerprint density at radius 3 is 2.05 bits per heavy atom. The fourth-order valence-corrected chi connectivity index (χ4v) is 3.19. The van der Waals surface area contributed by atoms with Gasteiger partial charge < -0.3 is 15.3 Å². The van der Waals surface area contributed by atoms with Gasteiger partial charge in [0.05, 0.1) is 6.61 Å². The number of amides is 2. The third-order valence-corrected chi connectivity index (χ3v) is 5.30. The zero-order valence-electron chi connectivity index (χ0n) is 13.3. The molecular weight excluding hydrogens is 268 g/mol. The molecule has 2 N–H and O–H groups in total. The first-order chi connectivity index (χ1) is 9.91. The molecule has 21 heavy (non-hydrogen) atoms. The smallest absolute Gasteiger partial charge is 0.228 e. The van der Waals surface area contributed by atoms with Crippen LogP contribution in [0.5, 0.6) is 0 Å². The van der Waals surface area contributed by atoms with Gasteiger partial charge in [0.25, 0.3) is 0 Å². The first kappa shape index (κ1) is 16.3. The number of hydrogen-bond donors (Lipinski definition) is 2. The molecule has 0 aromatic rings. The highest BCUT2D eigenvalue weighted by atomic mass is 16.3. The molecule has 2 fully saturated rings. The summed E-state index contributed by atoms with van der Waals surface area (Å²) in [7, 11) is 0. The molecule has 0 bridgehead atoms. The van der Waals surface area contributed by atoms with Gasteiger partial charge in [0.15, 0.2) is 0 Å². The standard InChI is InChI=1S/C16H28N2O3/c1-15(5-3-6-15)13(20)17-9-10-18(11-12-19)14(21)16(2)7-4-8-16/h19H,3-12H2,1-2H3,(H,17,20). The van der Waals surface area contributed by atoms with Crippen molar-refractivity contribution in [3.05, 3.63) is 0 Å². The number of nitrogens with one attached hydrogen (secondary N) is 1. The summed E-state index contributed by atoms with van der Waals surface area (Å²) in [5.41, 5.74) is -0.453. The van der Waals surface area contributed by atoms with Crippen LogP contribution in [0.25, 0.3) is 0 Å². The Bertz CT molecular complexity index is 400. The van der Waals surface area contributed by atoms with Gasteiger partial charge in [0.2, 0.25) is 11.8 Å². The molecular formula is C16H28N2O3. The first-order valence-electron chi connectivity index (χ1n) is 8.10. The Kier molecular flexibility index (Phi) is 4.91. The van der Waals surface area contributed by atoms with Crippen LogP contribution in [0.3, 0.4) is 0 Å². The van der Waals surface area contributed by atoms with Gasteiger partial charge in [0.1, 0.15) is 0 Å². The second-order valence-corrected chi connectivity index (χ2v) is 7.10. The monoisotopic (exact) mass is 296 g/mol. The van der Waals surface area contributed by atoms with Gasteiger partial charge in [-0.05, 0) is 25.7 Å². The van der Waals surface area contributed by atoms with E-state index in [1.165, 1.54) is 0 Å². The van der Waals surface area contributed by atoms with E-state index in [0.29, 0.717) is 19.6 Å². The molecule has 5 nitrogen and oxygen atoms in total. The van der Waals surface area contributed by atoms with Crippen LogP contribution in [0, 0.1) is 10.8 Å². The Hall–Kier alpha value is -1.10. The van der Waals surface area contributed by atoms with E-state index < -0.39 is 0 Å². The molecule has 0 atom stereocenters. The molecule has 0 unspecified atom stereocenters. The van der Waals surface area contributed by atoms with Gasteiger partial charge in [-0.2, -0.15) is 0 Å². The molecule has 2 saturated carbocycles. The van der Waals surface area contributed by atoms with Gasteiger partial charge in [-0.15, -0.1) is 0 Å². The lowest BCUT2D eigenvalue weighted by atomic mass is 9.69. The van der Waals surface area contributed by atoms with Crippen LogP contribution in [0.4, 0.5) is 0 Å². The maximum atomic E-state index is 12.5. The summed E-state index contributed by atoms with van der Waals surface area (Å²) >= 11 is 0. The van der Waals surface area contributed by atoms with Gasteiger partial charge in [-0.3, -0.25) is 9.59 Å². The summed E-state index contributed by atoms with van der Waals surface area (Å²) in [6.07, 6.45) is 5.99. The van der Waals surface area contributed by atoms with Gasteiger partial charge >= 0.3 is 0 Å². The number of rotatable bonds is 7. The van der Waals surface area contributed by atoms with Crippen molar-refractivity contribution in [3.8, 4) is 0 Å². The van der Waals surface area contributed by atoms with Crippen molar-refractivity contribution in [3.63, 3.8) is 0 Å². The predicted molar refractivity (Wildman–Crippen MR) is 80.6 cm³/mol. The number of hydrogen-bond acceptors (Lipinski definition) is 3. The van der Waals surface area contributed by atoms with Crippen LogP contribution in [0.2, 0.25) is 0 Å². The van der Waals surface area contributed by atoms with Crippen LogP contribution in [-0.2, 0) is 9.59 Å². The highest BCUT2D eigenvalue weighted by molar-refractivity contribution is 5.84. The first-order valence-corrected chi connectivity index (χ1v) is 8.10. The van der Waals surface area contributed by atoms with E-state index in [-0.39, 0.29) is 29.3 Å². The molecule has 2 amide bonds. The molecule has 0 spiro atoms. The average Bonchev–Trinajstić information content (AvgIpc) is 2.40. The summed E-state index contributed by atoms with van der Waals surface area (Å²) < 4.78 is 0. The third kappa shape index (κ3) is 3.39. The normalized spacial score (nSPS) is 21.9. The highest BCUT2D eigenvalue weighted by Crippen LogP contribution is 2.42. The number of carbonyl (C=O) groups excluding carboxylic acids is 2. The number of aliphatic hydroxyl groups excluding tert-OH is 1.